The Kier molecular flexibility index (Phi) is 5.13. The Hall–Kier alpha value is -1.38. The van der Waals surface area contributed by atoms with Crippen LogP contribution in [0.5, 0.6) is 0 Å². The van der Waals surface area contributed by atoms with Crippen molar-refractivity contribution in [1.29, 1.82) is 0 Å². The summed E-state index contributed by atoms with van der Waals surface area (Å²) in [6, 6.07) is 6.27. The van der Waals surface area contributed by atoms with Crippen LogP contribution in [0.25, 0.3) is 0 Å². The van der Waals surface area contributed by atoms with Crippen molar-refractivity contribution in [2.75, 3.05) is 7.05 Å². The van der Waals surface area contributed by atoms with Crippen LogP contribution in [0.1, 0.15) is 32.3 Å². The van der Waals surface area contributed by atoms with Crippen molar-refractivity contribution >= 4 is 5.91 Å². The molecule has 0 aliphatic rings. The lowest BCUT2D eigenvalue weighted by Crippen LogP contribution is -2.32. The molecule has 94 valence electrons. The van der Waals surface area contributed by atoms with Crippen LogP contribution < -0.4 is 0 Å². The van der Waals surface area contributed by atoms with Gasteiger partial charge in [0.1, 0.15) is 5.82 Å². The van der Waals surface area contributed by atoms with Crippen LogP contribution in [0.15, 0.2) is 24.3 Å². The topological polar surface area (TPSA) is 20.3 Å². The molecule has 0 saturated carbocycles. The van der Waals surface area contributed by atoms with Gasteiger partial charge in [0.2, 0.25) is 5.91 Å². The molecule has 3 heteroatoms. The first kappa shape index (κ1) is 13.7. The molecule has 0 unspecified atom stereocenters. The van der Waals surface area contributed by atoms with Crippen LogP contribution in [0.4, 0.5) is 4.39 Å². The second-order valence-electron chi connectivity index (χ2n) is 4.33. The Labute approximate surface area is 102 Å². The summed E-state index contributed by atoms with van der Waals surface area (Å²) in [6.07, 6.45) is 1.73. The van der Waals surface area contributed by atoms with Crippen molar-refractivity contribution in [2.24, 2.45) is 5.92 Å². The van der Waals surface area contributed by atoms with Gasteiger partial charge in [-0.2, -0.15) is 0 Å². The molecular formula is C14H20FNO. The molecule has 1 aromatic carbocycles. The van der Waals surface area contributed by atoms with Gasteiger partial charge in [-0.15, -0.1) is 0 Å². The number of rotatable bonds is 5. The number of carbonyl (C=O) groups is 1. The maximum atomic E-state index is 12.7. The lowest BCUT2D eigenvalue weighted by molar-refractivity contribution is -0.134. The Balaban J connectivity index is 2.62. The third kappa shape index (κ3) is 3.84. The van der Waals surface area contributed by atoms with Gasteiger partial charge >= 0.3 is 0 Å². The minimum atomic E-state index is -0.247. The van der Waals surface area contributed by atoms with Gasteiger partial charge in [0.25, 0.3) is 0 Å². The third-order valence-corrected chi connectivity index (χ3v) is 3.04. The number of nitrogens with zero attached hydrogens (tertiary/aromatic N) is 1. The second kappa shape index (κ2) is 6.38. The Morgan fingerprint density at radius 3 is 2.24 bits per heavy atom. The van der Waals surface area contributed by atoms with E-state index in [0.29, 0.717) is 6.54 Å². The summed E-state index contributed by atoms with van der Waals surface area (Å²) >= 11 is 0. The monoisotopic (exact) mass is 237 g/mol. The number of hydrogen-bond donors (Lipinski definition) is 0. The van der Waals surface area contributed by atoms with Crippen molar-refractivity contribution in [1.82, 2.24) is 4.90 Å². The van der Waals surface area contributed by atoms with E-state index >= 15 is 0 Å². The molecule has 1 amide bonds. The van der Waals surface area contributed by atoms with Crippen LogP contribution in [-0.4, -0.2) is 17.9 Å². The van der Waals surface area contributed by atoms with Gasteiger partial charge in [-0.25, -0.2) is 4.39 Å². The largest absolute Gasteiger partial charge is 0.341 e. The molecule has 0 heterocycles. The number of benzene rings is 1. The highest BCUT2D eigenvalue weighted by Gasteiger charge is 2.18. The molecule has 1 aromatic rings. The molecule has 0 saturated heterocycles. The van der Waals surface area contributed by atoms with Crippen LogP contribution in [0.2, 0.25) is 0 Å². The highest BCUT2D eigenvalue weighted by molar-refractivity contribution is 5.78. The fourth-order valence-electron chi connectivity index (χ4n) is 1.89. The normalized spacial score (nSPS) is 10.6. The highest BCUT2D eigenvalue weighted by Crippen LogP contribution is 2.13. The average molecular weight is 237 g/mol. The van der Waals surface area contributed by atoms with Crippen molar-refractivity contribution < 1.29 is 9.18 Å². The van der Waals surface area contributed by atoms with Gasteiger partial charge in [-0.05, 0) is 30.5 Å². The molecule has 0 aromatic heterocycles. The quantitative estimate of drug-likeness (QED) is 0.770. The molecule has 17 heavy (non-hydrogen) atoms. The minimum Gasteiger partial charge on any atom is -0.341 e. The standard InChI is InChI=1S/C14H20FNO/c1-4-12(5-2)14(17)16(3)10-11-6-8-13(15)9-7-11/h6-9,12H,4-5,10H2,1-3H3. The second-order valence-corrected chi connectivity index (χ2v) is 4.33. The van der Waals surface area contributed by atoms with E-state index in [1.807, 2.05) is 13.8 Å². The van der Waals surface area contributed by atoms with E-state index in [4.69, 9.17) is 0 Å². The fraction of sp³-hybridized carbons (Fsp3) is 0.500. The molecule has 0 spiro atoms. The number of carbonyl (C=O) groups excluding carboxylic acids is 1. The molecule has 0 fully saturated rings. The average Bonchev–Trinajstić information content (AvgIpc) is 2.33. The van der Waals surface area contributed by atoms with Crippen molar-refractivity contribution in [3.63, 3.8) is 0 Å². The van der Waals surface area contributed by atoms with Crippen LogP contribution in [0.3, 0.4) is 0 Å². The van der Waals surface area contributed by atoms with Gasteiger partial charge < -0.3 is 4.90 Å². The van der Waals surface area contributed by atoms with E-state index in [0.717, 1.165) is 18.4 Å². The minimum absolute atomic E-state index is 0.0976. The number of halogens is 1. The van der Waals surface area contributed by atoms with E-state index in [2.05, 4.69) is 0 Å². The van der Waals surface area contributed by atoms with E-state index in [1.54, 1.807) is 24.1 Å². The molecule has 0 bridgehead atoms. The van der Waals surface area contributed by atoms with Crippen LogP contribution >= 0.6 is 0 Å². The van der Waals surface area contributed by atoms with E-state index < -0.39 is 0 Å². The molecule has 0 atom stereocenters. The SMILES string of the molecule is CCC(CC)C(=O)N(C)Cc1ccc(F)cc1. The molecular weight excluding hydrogens is 217 g/mol. The van der Waals surface area contributed by atoms with Gasteiger partial charge in [-0.1, -0.05) is 26.0 Å². The van der Waals surface area contributed by atoms with Gasteiger partial charge in [0.15, 0.2) is 0 Å². The lowest BCUT2D eigenvalue weighted by atomic mass is 10.0. The summed E-state index contributed by atoms with van der Waals surface area (Å²) in [5.41, 5.74) is 0.952. The van der Waals surface area contributed by atoms with E-state index in [9.17, 15) is 9.18 Å². The van der Waals surface area contributed by atoms with Gasteiger partial charge in [-0.3, -0.25) is 4.79 Å². The zero-order chi connectivity index (χ0) is 12.8. The van der Waals surface area contributed by atoms with Crippen molar-refractivity contribution in [3.05, 3.63) is 35.6 Å². The van der Waals surface area contributed by atoms with Gasteiger partial charge in [0, 0.05) is 19.5 Å². The first-order valence-corrected chi connectivity index (χ1v) is 6.07. The summed E-state index contributed by atoms with van der Waals surface area (Å²) < 4.78 is 12.7. The molecule has 1 rings (SSSR count). The Morgan fingerprint density at radius 1 is 1.24 bits per heavy atom. The molecule has 0 aliphatic heterocycles. The number of hydrogen-bond acceptors (Lipinski definition) is 1. The summed E-state index contributed by atoms with van der Waals surface area (Å²) in [5, 5.41) is 0. The lowest BCUT2D eigenvalue weighted by Gasteiger charge is -2.22. The zero-order valence-corrected chi connectivity index (χ0v) is 10.7. The predicted molar refractivity (Wildman–Crippen MR) is 66.9 cm³/mol. The number of amides is 1. The van der Waals surface area contributed by atoms with E-state index in [1.165, 1.54) is 12.1 Å². The maximum Gasteiger partial charge on any atom is 0.225 e. The third-order valence-electron chi connectivity index (χ3n) is 3.04. The van der Waals surface area contributed by atoms with Crippen LogP contribution in [-0.2, 0) is 11.3 Å². The smallest absolute Gasteiger partial charge is 0.225 e. The Bertz CT molecular complexity index is 357. The molecule has 0 radical (unpaired) electrons. The van der Waals surface area contributed by atoms with Crippen molar-refractivity contribution in [3.8, 4) is 0 Å². The summed E-state index contributed by atoms with van der Waals surface area (Å²) in [5.74, 6) is 0.0162. The zero-order valence-electron chi connectivity index (χ0n) is 10.7. The van der Waals surface area contributed by atoms with Crippen LogP contribution in [0, 0.1) is 11.7 Å². The molecule has 2 nitrogen and oxygen atoms in total. The van der Waals surface area contributed by atoms with Crippen molar-refractivity contribution in [2.45, 2.75) is 33.2 Å². The summed E-state index contributed by atoms with van der Waals surface area (Å²) in [4.78, 5) is 13.7. The fourth-order valence-corrected chi connectivity index (χ4v) is 1.89. The summed E-state index contributed by atoms with van der Waals surface area (Å²) in [7, 11) is 1.80. The maximum absolute atomic E-state index is 12.7. The van der Waals surface area contributed by atoms with Gasteiger partial charge in [0.05, 0.1) is 0 Å². The predicted octanol–water partition coefficient (Wildman–Crippen LogP) is 3.22. The summed E-state index contributed by atoms with van der Waals surface area (Å²) in [6.45, 7) is 4.59. The van der Waals surface area contributed by atoms with E-state index in [-0.39, 0.29) is 17.6 Å². The first-order chi connectivity index (χ1) is 8.08. The Morgan fingerprint density at radius 2 is 1.76 bits per heavy atom. The molecule has 0 N–H and O–H groups in total. The molecule has 0 aliphatic carbocycles. The first-order valence-electron chi connectivity index (χ1n) is 6.07. The highest BCUT2D eigenvalue weighted by atomic mass is 19.1.